The van der Waals surface area contributed by atoms with E-state index in [1.807, 2.05) is 50.2 Å². The predicted octanol–water partition coefficient (Wildman–Crippen LogP) is 5.39. The number of carbonyl (C=O) groups is 1. The Morgan fingerprint density at radius 2 is 1.88 bits per heavy atom. The van der Waals surface area contributed by atoms with Crippen molar-refractivity contribution in [2.75, 3.05) is 6.61 Å². The Balaban J connectivity index is 2.22. The molecular weight excluding hydrogens is 460 g/mol. The van der Waals surface area contributed by atoms with Crippen molar-refractivity contribution in [2.45, 2.75) is 19.9 Å². The molecule has 0 saturated carbocycles. The molecule has 1 N–H and O–H groups in total. The van der Waals surface area contributed by atoms with E-state index in [0.717, 1.165) is 14.5 Å². The first-order chi connectivity index (χ1) is 12.5. The van der Waals surface area contributed by atoms with Gasteiger partial charge >= 0.3 is 0 Å². The van der Waals surface area contributed by atoms with Crippen molar-refractivity contribution in [3.05, 3.63) is 68.1 Å². The zero-order chi connectivity index (χ0) is 19.1. The summed E-state index contributed by atoms with van der Waals surface area (Å²) in [7, 11) is 0. The number of nitrogens with one attached hydrogen (secondary N) is 1. The highest BCUT2D eigenvalue weighted by Crippen LogP contribution is 2.35. The van der Waals surface area contributed by atoms with Gasteiger partial charge in [0.05, 0.1) is 21.6 Å². The number of halogens is 2. The standard InChI is InChI=1S/C20H18Br2N2O2/c1-3-26-19-17(21)10-14(11-18(19)22)9-16(12-23)20(25)24-13(2)15-7-5-4-6-8-15/h4-11,13H,3H2,1-2H3,(H,24,25)/b16-9-/t13-/m1/s1. The summed E-state index contributed by atoms with van der Waals surface area (Å²) in [6, 6.07) is 15.0. The molecule has 0 spiro atoms. The van der Waals surface area contributed by atoms with Crippen LogP contribution in [-0.4, -0.2) is 12.5 Å². The van der Waals surface area contributed by atoms with Crippen LogP contribution in [0.1, 0.15) is 31.0 Å². The van der Waals surface area contributed by atoms with Crippen LogP contribution < -0.4 is 10.1 Å². The van der Waals surface area contributed by atoms with Gasteiger partial charge < -0.3 is 10.1 Å². The summed E-state index contributed by atoms with van der Waals surface area (Å²) in [4.78, 5) is 12.5. The Hall–Kier alpha value is -2.10. The maximum Gasteiger partial charge on any atom is 0.262 e. The second-order valence-corrected chi connectivity index (χ2v) is 7.23. The molecule has 0 aromatic heterocycles. The van der Waals surface area contributed by atoms with Gasteiger partial charge in [0.25, 0.3) is 5.91 Å². The number of hydrogen-bond donors (Lipinski definition) is 1. The van der Waals surface area contributed by atoms with Crippen molar-refractivity contribution in [3.63, 3.8) is 0 Å². The van der Waals surface area contributed by atoms with E-state index >= 15 is 0 Å². The van der Waals surface area contributed by atoms with Gasteiger partial charge in [0.1, 0.15) is 17.4 Å². The summed E-state index contributed by atoms with van der Waals surface area (Å²) in [5.41, 5.74) is 1.73. The molecule has 0 heterocycles. The molecule has 26 heavy (non-hydrogen) atoms. The van der Waals surface area contributed by atoms with Gasteiger partial charge in [0.15, 0.2) is 0 Å². The van der Waals surface area contributed by atoms with Crippen molar-refractivity contribution < 1.29 is 9.53 Å². The topological polar surface area (TPSA) is 62.1 Å². The van der Waals surface area contributed by atoms with Crippen molar-refractivity contribution in [1.82, 2.24) is 5.32 Å². The second-order valence-electron chi connectivity index (χ2n) is 5.52. The van der Waals surface area contributed by atoms with Crippen LogP contribution in [0.3, 0.4) is 0 Å². The summed E-state index contributed by atoms with van der Waals surface area (Å²) >= 11 is 6.90. The fraction of sp³-hybridized carbons (Fsp3) is 0.200. The lowest BCUT2D eigenvalue weighted by molar-refractivity contribution is -0.117. The van der Waals surface area contributed by atoms with E-state index in [4.69, 9.17) is 4.74 Å². The van der Waals surface area contributed by atoms with Crippen molar-refractivity contribution in [3.8, 4) is 11.8 Å². The van der Waals surface area contributed by atoms with Crippen LogP contribution in [0.15, 0.2) is 57.0 Å². The van der Waals surface area contributed by atoms with Crippen LogP contribution in [0.2, 0.25) is 0 Å². The van der Waals surface area contributed by atoms with E-state index in [1.165, 1.54) is 0 Å². The summed E-state index contributed by atoms with van der Waals surface area (Å²) in [5.74, 6) is 0.273. The Morgan fingerprint density at radius 1 is 1.27 bits per heavy atom. The molecule has 2 aromatic carbocycles. The molecule has 134 valence electrons. The minimum atomic E-state index is -0.412. The Kier molecular flexibility index (Phi) is 7.43. The van der Waals surface area contributed by atoms with Gasteiger partial charge in [-0.2, -0.15) is 5.26 Å². The molecule has 0 bridgehead atoms. The fourth-order valence-electron chi connectivity index (χ4n) is 2.36. The number of benzene rings is 2. The average Bonchev–Trinajstić information content (AvgIpc) is 2.63. The van der Waals surface area contributed by atoms with Crippen LogP contribution in [0.4, 0.5) is 0 Å². The average molecular weight is 478 g/mol. The minimum Gasteiger partial charge on any atom is -0.492 e. The summed E-state index contributed by atoms with van der Waals surface area (Å²) in [6.45, 7) is 4.32. The number of nitriles is 1. The summed E-state index contributed by atoms with van der Waals surface area (Å²) in [6.07, 6.45) is 1.55. The molecule has 0 fully saturated rings. The predicted molar refractivity (Wildman–Crippen MR) is 110 cm³/mol. The molecule has 1 atom stereocenters. The van der Waals surface area contributed by atoms with E-state index in [1.54, 1.807) is 18.2 Å². The van der Waals surface area contributed by atoms with Crippen LogP contribution in [0, 0.1) is 11.3 Å². The Bertz CT molecular complexity index is 835. The first kappa shape index (κ1) is 20.2. The molecule has 1 amide bonds. The molecule has 0 radical (unpaired) electrons. The molecule has 4 nitrogen and oxygen atoms in total. The zero-order valence-electron chi connectivity index (χ0n) is 14.4. The highest BCUT2D eigenvalue weighted by Gasteiger charge is 2.15. The van der Waals surface area contributed by atoms with Crippen LogP contribution >= 0.6 is 31.9 Å². The highest BCUT2D eigenvalue weighted by atomic mass is 79.9. The van der Waals surface area contributed by atoms with Gasteiger partial charge in [0, 0.05) is 0 Å². The molecule has 2 aromatic rings. The number of carbonyl (C=O) groups excluding carboxylic acids is 1. The summed E-state index contributed by atoms with van der Waals surface area (Å²) in [5, 5.41) is 12.2. The number of rotatable bonds is 6. The largest absolute Gasteiger partial charge is 0.492 e. The summed E-state index contributed by atoms with van der Waals surface area (Å²) < 4.78 is 7.04. The molecular formula is C20H18Br2N2O2. The van der Waals surface area contributed by atoms with Gasteiger partial charge in [0.2, 0.25) is 0 Å². The van der Waals surface area contributed by atoms with E-state index in [2.05, 4.69) is 37.2 Å². The monoisotopic (exact) mass is 476 g/mol. The first-order valence-electron chi connectivity index (χ1n) is 8.05. The minimum absolute atomic E-state index is 0.0377. The lowest BCUT2D eigenvalue weighted by Crippen LogP contribution is -2.27. The lowest BCUT2D eigenvalue weighted by Gasteiger charge is -2.14. The molecule has 0 aliphatic rings. The highest BCUT2D eigenvalue weighted by molar-refractivity contribution is 9.11. The zero-order valence-corrected chi connectivity index (χ0v) is 17.6. The second kappa shape index (κ2) is 9.56. The molecule has 6 heteroatoms. The maximum absolute atomic E-state index is 12.5. The third kappa shape index (κ3) is 5.20. The number of ether oxygens (including phenoxy) is 1. The molecule has 0 saturated heterocycles. The van der Waals surface area contributed by atoms with E-state index < -0.39 is 5.91 Å². The Morgan fingerprint density at radius 3 is 2.42 bits per heavy atom. The molecule has 0 unspecified atom stereocenters. The molecule has 0 aliphatic carbocycles. The van der Waals surface area contributed by atoms with Crippen LogP contribution in [0.5, 0.6) is 5.75 Å². The van der Waals surface area contributed by atoms with Crippen LogP contribution in [0.25, 0.3) is 6.08 Å². The quantitative estimate of drug-likeness (QED) is 0.447. The van der Waals surface area contributed by atoms with E-state index in [9.17, 15) is 10.1 Å². The smallest absolute Gasteiger partial charge is 0.262 e. The fourth-order valence-corrected chi connectivity index (χ4v) is 3.81. The van der Waals surface area contributed by atoms with Crippen molar-refractivity contribution in [1.29, 1.82) is 5.26 Å². The van der Waals surface area contributed by atoms with Crippen LogP contribution in [-0.2, 0) is 4.79 Å². The maximum atomic E-state index is 12.5. The van der Waals surface area contributed by atoms with Gasteiger partial charge in [-0.15, -0.1) is 0 Å². The van der Waals surface area contributed by atoms with Gasteiger partial charge in [-0.3, -0.25) is 4.79 Å². The third-order valence-electron chi connectivity index (χ3n) is 3.63. The number of nitrogens with zero attached hydrogens (tertiary/aromatic N) is 1. The number of amides is 1. The van der Waals surface area contributed by atoms with Gasteiger partial charge in [-0.1, -0.05) is 30.3 Å². The lowest BCUT2D eigenvalue weighted by atomic mass is 10.1. The molecule has 0 aliphatic heterocycles. The first-order valence-corrected chi connectivity index (χ1v) is 9.64. The Labute approximate surface area is 170 Å². The molecule has 2 rings (SSSR count). The SMILES string of the molecule is CCOc1c(Br)cc(/C=C(/C#N)C(=O)N[C@H](C)c2ccccc2)cc1Br. The van der Waals surface area contributed by atoms with Crippen molar-refractivity contribution >= 4 is 43.8 Å². The normalized spacial score (nSPS) is 12.2. The van der Waals surface area contributed by atoms with E-state index in [-0.39, 0.29) is 11.6 Å². The van der Waals surface area contributed by atoms with Gasteiger partial charge in [-0.25, -0.2) is 0 Å². The van der Waals surface area contributed by atoms with E-state index in [0.29, 0.717) is 17.9 Å². The van der Waals surface area contributed by atoms with Crippen molar-refractivity contribution in [2.24, 2.45) is 0 Å². The number of hydrogen-bond acceptors (Lipinski definition) is 3. The van der Waals surface area contributed by atoms with Gasteiger partial charge in [-0.05, 0) is 75.0 Å². The third-order valence-corrected chi connectivity index (χ3v) is 4.81.